The molecule has 1 heterocycles. The lowest BCUT2D eigenvalue weighted by Gasteiger charge is -2.20. The number of hydrogen-bond acceptors (Lipinski definition) is 4. The fourth-order valence-corrected chi connectivity index (χ4v) is 3.13. The Balaban J connectivity index is 2.63. The van der Waals surface area contributed by atoms with Crippen LogP contribution in [-0.4, -0.2) is 40.3 Å². The number of rotatable bonds is 2. The lowest BCUT2D eigenvalue weighted by atomic mass is 10.1. The molecule has 0 aromatic heterocycles. The molecule has 1 amide bonds. The zero-order valence-corrected chi connectivity index (χ0v) is 10.7. The lowest BCUT2D eigenvalue weighted by molar-refractivity contribution is -0.142. The molecular formula is C10H17NO3S2. The molecule has 0 saturated carbocycles. The Morgan fingerprint density at radius 2 is 2.31 bits per heavy atom. The largest absolute Gasteiger partial charge is 0.480 e. The van der Waals surface area contributed by atoms with E-state index in [1.54, 1.807) is 11.8 Å². The first-order valence-electron chi connectivity index (χ1n) is 5.37. The quantitative estimate of drug-likeness (QED) is 0.651. The van der Waals surface area contributed by atoms with Crippen LogP contribution in [0, 0.1) is 5.92 Å². The summed E-state index contributed by atoms with van der Waals surface area (Å²) < 4.78 is 0. The maximum Gasteiger partial charge on any atom is 0.326 e. The maximum atomic E-state index is 11.7. The molecule has 0 spiro atoms. The Morgan fingerprint density at radius 3 is 2.94 bits per heavy atom. The van der Waals surface area contributed by atoms with Gasteiger partial charge in [0.2, 0.25) is 5.91 Å². The molecule has 92 valence electrons. The van der Waals surface area contributed by atoms with Crippen LogP contribution in [-0.2, 0) is 9.59 Å². The highest BCUT2D eigenvalue weighted by molar-refractivity contribution is 7.99. The monoisotopic (exact) mass is 263 g/mol. The number of carbonyl (C=O) groups excluding carboxylic acids is 1. The predicted molar refractivity (Wildman–Crippen MR) is 68.1 cm³/mol. The van der Waals surface area contributed by atoms with Crippen molar-refractivity contribution in [2.75, 3.05) is 17.3 Å². The molecule has 1 fully saturated rings. The van der Waals surface area contributed by atoms with Gasteiger partial charge in [0.1, 0.15) is 6.04 Å². The third kappa shape index (κ3) is 4.25. The number of hydrogen-bond donors (Lipinski definition) is 3. The summed E-state index contributed by atoms with van der Waals surface area (Å²) in [6.45, 7) is 0. The summed E-state index contributed by atoms with van der Waals surface area (Å²) >= 11 is 5.87. The van der Waals surface area contributed by atoms with Crippen LogP contribution in [0.3, 0.4) is 0 Å². The minimum absolute atomic E-state index is 0.184. The predicted octanol–water partition coefficient (Wildman–Crippen LogP) is 1.02. The fourth-order valence-electron chi connectivity index (χ4n) is 1.54. The average Bonchev–Trinajstić information content (AvgIpc) is 2.26. The molecule has 2 N–H and O–H groups in total. The SMILES string of the molecule is O=C1NC(C(=O)O)CCCCSCC1CS. The van der Waals surface area contributed by atoms with Gasteiger partial charge in [0.05, 0.1) is 5.92 Å². The molecule has 16 heavy (non-hydrogen) atoms. The van der Waals surface area contributed by atoms with E-state index in [1.165, 1.54) is 0 Å². The van der Waals surface area contributed by atoms with Gasteiger partial charge in [-0.2, -0.15) is 24.4 Å². The molecule has 0 radical (unpaired) electrons. The number of amides is 1. The van der Waals surface area contributed by atoms with Crippen molar-refractivity contribution >= 4 is 36.3 Å². The maximum absolute atomic E-state index is 11.7. The average molecular weight is 263 g/mol. The molecule has 1 saturated heterocycles. The number of nitrogens with one attached hydrogen (secondary N) is 1. The van der Waals surface area contributed by atoms with E-state index < -0.39 is 12.0 Å². The minimum Gasteiger partial charge on any atom is -0.480 e. The van der Waals surface area contributed by atoms with Crippen LogP contribution in [0.2, 0.25) is 0 Å². The summed E-state index contributed by atoms with van der Waals surface area (Å²) in [7, 11) is 0. The van der Waals surface area contributed by atoms with Crippen LogP contribution < -0.4 is 5.32 Å². The minimum atomic E-state index is -0.945. The summed E-state index contributed by atoms with van der Waals surface area (Å²) in [6, 6.07) is -0.738. The Morgan fingerprint density at radius 1 is 1.56 bits per heavy atom. The van der Waals surface area contributed by atoms with E-state index in [0.29, 0.717) is 12.2 Å². The van der Waals surface area contributed by atoms with Crippen molar-refractivity contribution in [3.63, 3.8) is 0 Å². The van der Waals surface area contributed by atoms with Gasteiger partial charge in [0.15, 0.2) is 0 Å². The molecule has 0 aromatic carbocycles. The standard InChI is InChI=1S/C10H17NO3S2/c12-9-7(5-15)6-16-4-2-1-3-8(11-9)10(13)14/h7-8,15H,1-6H2,(H,11,12)(H,13,14). The molecule has 0 aliphatic carbocycles. The highest BCUT2D eigenvalue weighted by Crippen LogP contribution is 2.16. The van der Waals surface area contributed by atoms with Crippen LogP contribution >= 0.6 is 24.4 Å². The molecule has 6 heteroatoms. The van der Waals surface area contributed by atoms with Gasteiger partial charge in [0, 0.05) is 11.5 Å². The van der Waals surface area contributed by atoms with Crippen LogP contribution in [0.15, 0.2) is 0 Å². The number of carbonyl (C=O) groups is 2. The van der Waals surface area contributed by atoms with Crippen molar-refractivity contribution in [2.24, 2.45) is 5.92 Å². The molecule has 0 aromatic rings. The van der Waals surface area contributed by atoms with Gasteiger partial charge >= 0.3 is 5.97 Å². The van der Waals surface area contributed by atoms with E-state index in [-0.39, 0.29) is 11.8 Å². The van der Waals surface area contributed by atoms with Gasteiger partial charge in [-0.25, -0.2) is 4.79 Å². The number of aliphatic carboxylic acids is 1. The molecular weight excluding hydrogens is 246 g/mol. The topological polar surface area (TPSA) is 66.4 Å². The normalized spacial score (nSPS) is 28.2. The second-order valence-corrected chi connectivity index (χ2v) is 5.36. The third-order valence-electron chi connectivity index (χ3n) is 2.56. The van der Waals surface area contributed by atoms with Gasteiger partial charge < -0.3 is 10.4 Å². The van der Waals surface area contributed by atoms with Crippen molar-refractivity contribution in [1.29, 1.82) is 0 Å². The number of thiol groups is 1. The summed E-state index contributed by atoms with van der Waals surface area (Å²) in [5.41, 5.74) is 0. The molecule has 0 bridgehead atoms. The molecule has 4 nitrogen and oxygen atoms in total. The van der Waals surface area contributed by atoms with Crippen molar-refractivity contribution in [3.05, 3.63) is 0 Å². The van der Waals surface area contributed by atoms with Crippen molar-refractivity contribution in [2.45, 2.75) is 25.3 Å². The van der Waals surface area contributed by atoms with Crippen LogP contribution in [0.25, 0.3) is 0 Å². The molecule has 1 rings (SSSR count). The van der Waals surface area contributed by atoms with E-state index in [1.807, 2.05) is 0 Å². The molecule has 1 aliphatic rings. The first kappa shape index (κ1) is 13.7. The highest BCUT2D eigenvalue weighted by atomic mass is 32.2. The smallest absolute Gasteiger partial charge is 0.326 e. The summed E-state index contributed by atoms with van der Waals surface area (Å²) in [6.07, 6.45) is 2.36. The van der Waals surface area contributed by atoms with Crippen LogP contribution in [0.4, 0.5) is 0 Å². The highest BCUT2D eigenvalue weighted by Gasteiger charge is 2.25. The number of thioether (sulfide) groups is 1. The lowest BCUT2D eigenvalue weighted by Crippen LogP contribution is -2.45. The van der Waals surface area contributed by atoms with Gasteiger partial charge in [-0.3, -0.25) is 4.79 Å². The Hall–Kier alpha value is -0.360. The van der Waals surface area contributed by atoms with E-state index in [4.69, 9.17) is 5.11 Å². The van der Waals surface area contributed by atoms with Crippen molar-refractivity contribution in [3.8, 4) is 0 Å². The van der Waals surface area contributed by atoms with Gasteiger partial charge in [0.25, 0.3) is 0 Å². The van der Waals surface area contributed by atoms with Crippen LogP contribution in [0.5, 0.6) is 0 Å². The second-order valence-electron chi connectivity index (χ2n) is 3.85. The zero-order chi connectivity index (χ0) is 12.0. The van der Waals surface area contributed by atoms with Gasteiger partial charge in [-0.1, -0.05) is 0 Å². The Kier molecular flexibility index (Phi) is 6.05. The fraction of sp³-hybridized carbons (Fsp3) is 0.800. The molecule has 2 atom stereocenters. The van der Waals surface area contributed by atoms with E-state index >= 15 is 0 Å². The zero-order valence-electron chi connectivity index (χ0n) is 9.02. The third-order valence-corrected chi connectivity index (χ3v) is 4.21. The van der Waals surface area contributed by atoms with E-state index in [9.17, 15) is 9.59 Å². The number of carboxylic acids is 1. The first-order valence-corrected chi connectivity index (χ1v) is 7.15. The summed E-state index contributed by atoms with van der Waals surface area (Å²) in [5, 5.41) is 11.5. The van der Waals surface area contributed by atoms with Crippen molar-refractivity contribution < 1.29 is 14.7 Å². The first-order chi connectivity index (χ1) is 7.65. The van der Waals surface area contributed by atoms with Crippen molar-refractivity contribution in [1.82, 2.24) is 5.32 Å². The van der Waals surface area contributed by atoms with E-state index in [0.717, 1.165) is 24.3 Å². The summed E-state index contributed by atoms with van der Waals surface area (Å²) in [5.74, 6) is 0.862. The van der Waals surface area contributed by atoms with Gasteiger partial charge in [-0.05, 0) is 25.0 Å². The van der Waals surface area contributed by atoms with Crippen LogP contribution in [0.1, 0.15) is 19.3 Å². The molecule has 1 aliphatic heterocycles. The van der Waals surface area contributed by atoms with E-state index in [2.05, 4.69) is 17.9 Å². The van der Waals surface area contributed by atoms with Gasteiger partial charge in [-0.15, -0.1) is 0 Å². The molecule has 2 unspecified atom stereocenters. The Bertz CT molecular complexity index is 260. The summed E-state index contributed by atoms with van der Waals surface area (Å²) in [4.78, 5) is 22.7. The Labute approximate surface area is 105 Å². The second kappa shape index (κ2) is 7.06. The number of carboxylic acid groups (broad SMARTS) is 1.